The second-order valence-electron chi connectivity index (χ2n) is 3.15. The number of aromatic nitrogens is 2. The van der Waals surface area contributed by atoms with Crippen LogP contribution in [0.5, 0.6) is 0 Å². The van der Waals surface area contributed by atoms with Crippen molar-refractivity contribution in [3.63, 3.8) is 0 Å². The molecule has 1 unspecified atom stereocenters. The smallest absolute Gasteiger partial charge is 0.226 e. The zero-order chi connectivity index (χ0) is 9.68. The lowest BCUT2D eigenvalue weighted by molar-refractivity contribution is 0.371. The number of nitrogens with zero attached hydrogens (tertiary/aromatic N) is 2. The number of rotatable bonds is 5. The molecule has 0 saturated heterocycles. The van der Waals surface area contributed by atoms with Gasteiger partial charge in [0.25, 0.3) is 0 Å². The minimum Gasteiger partial charge on any atom is -0.339 e. The van der Waals surface area contributed by atoms with Gasteiger partial charge in [-0.2, -0.15) is 4.98 Å². The van der Waals surface area contributed by atoms with E-state index in [-0.39, 0.29) is 6.04 Å². The van der Waals surface area contributed by atoms with Crippen LogP contribution in [0.4, 0.5) is 0 Å². The molecule has 13 heavy (non-hydrogen) atoms. The van der Waals surface area contributed by atoms with E-state index in [1.807, 2.05) is 6.92 Å². The predicted octanol–water partition coefficient (Wildman–Crippen LogP) is 1.82. The standard InChI is InChI=1S/C9H17N3O/c1-3-5-6-7(10)9-11-8(4-2)13-12-9/h7H,3-6,10H2,1-2H3. The summed E-state index contributed by atoms with van der Waals surface area (Å²) in [5.41, 5.74) is 5.86. The predicted molar refractivity (Wildman–Crippen MR) is 50.1 cm³/mol. The first-order chi connectivity index (χ1) is 6.27. The van der Waals surface area contributed by atoms with Crippen LogP contribution in [0.25, 0.3) is 0 Å². The topological polar surface area (TPSA) is 64.9 Å². The van der Waals surface area contributed by atoms with Gasteiger partial charge in [0, 0.05) is 6.42 Å². The molecule has 0 saturated carbocycles. The van der Waals surface area contributed by atoms with E-state index >= 15 is 0 Å². The molecule has 0 spiro atoms. The van der Waals surface area contributed by atoms with E-state index in [1.165, 1.54) is 0 Å². The van der Waals surface area contributed by atoms with E-state index in [1.54, 1.807) is 0 Å². The van der Waals surface area contributed by atoms with Crippen molar-refractivity contribution in [3.05, 3.63) is 11.7 Å². The molecule has 4 heteroatoms. The van der Waals surface area contributed by atoms with Gasteiger partial charge in [-0.3, -0.25) is 0 Å². The third-order valence-electron chi connectivity index (χ3n) is 1.99. The fraction of sp³-hybridized carbons (Fsp3) is 0.778. The van der Waals surface area contributed by atoms with Gasteiger partial charge in [0.05, 0.1) is 6.04 Å². The Kier molecular flexibility index (Phi) is 3.89. The molecule has 0 radical (unpaired) electrons. The summed E-state index contributed by atoms with van der Waals surface area (Å²) in [6, 6.07) is -0.0657. The van der Waals surface area contributed by atoms with Crippen LogP contribution < -0.4 is 5.73 Å². The van der Waals surface area contributed by atoms with E-state index in [2.05, 4.69) is 17.1 Å². The maximum atomic E-state index is 5.86. The first-order valence-electron chi connectivity index (χ1n) is 4.86. The molecule has 0 bridgehead atoms. The Labute approximate surface area is 78.5 Å². The molecule has 1 aromatic heterocycles. The lowest BCUT2D eigenvalue weighted by Gasteiger charge is -2.03. The third-order valence-corrected chi connectivity index (χ3v) is 1.99. The summed E-state index contributed by atoms with van der Waals surface area (Å²) < 4.78 is 4.97. The van der Waals surface area contributed by atoms with E-state index in [4.69, 9.17) is 10.3 Å². The summed E-state index contributed by atoms with van der Waals surface area (Å²) in [7, 11) is 0. The monoisotopic (exact) mass is 183 g/mol. The van der Waals surface area contributed by atoms with Gasteiger partial charge in [-0.25, -0.2) is 0 Å². The molecule has 1 heterocycles. The first-order valence-corrected chi connectivity index (χ1v) is 4.86. The van der Waals surface area contributed by atoms with Crippen molar-refractivity contribution in [3.8, 4) is 0 Å². The maximum absolute atomic E-state index is 5.86. The van der Waals surface area contributed by atoms with Crippen molar-refractivity contribution in [2.45, 2.75) is 45.6 Å². The molecule has 1 aromatic rings. The molecule has 1 rings (SSSR count). The molecule has 74 valence electrons. The largest absolute Gasteiger partial charge is 0.339 e. The fourth-order valence-electron chi connectivity index (χ4n) is 1.12. The third kappa shape index (κ3) is 2.81. The Balaban J connectivity index is 2.50. The Morgan fingerprint density at radius 3 is 2.77 bits per heavy atom. The van der Waals surface area contributed by atoms with Gasteiger partial charge in [0.15, 0.2) is 5.82 Å². The van der Waals surface area contributed by atoms with E-state index in [9.17, 15) is 0 Å². The van der Waals surface area contributed by atoms with Crippen molar-refractivity contribution >= 4 is 0 Å². The zero-order valence-electron chi connectivity index (χ0n) is 8.29. The summed E-state index contributed by atoms with van der Waals surface area (Å²) in [6.45, 7) is 4.12. The molecule has 1 atom stereocenters. The Morgan fingerprint density at radius 2 is 2.23 bits per heavy atom. The van der Waals surface area contributed by atoms with Gasteiger partial charge in [0.1, 0.15) is 0 Å². The van der Waals surface area contributed by atoms with Crippen LogP contribution >= 0.6 is 0 Å². The van der Waals surface area contributed by atoms with Crippen molar-refractivity contribution in [2.75, 3.05) is 0 Å². The Bertz CT molecular complexity index is 247. The average Bonchev–Trinajstić information content (AvgIpc) is 2.62. The fourth-order valence-corrected chi connectivity index (χ4v) is 1.12. The summed E-state index contributed by atoms with van der Waals surface area (Å²) in [4.78, 5) is 4.18. The molecule has 0 aliphatic carbocycles. The van der Waals surface area contributed by atoms with Crippen molar-refractivity contribution in [1.82, 2.24) is 10.1 Å². The molecular formula is C9H17N3O. The molecule has 0 fully saturated rings. The summed E-state index contributed by atoms with van der Waals surface area (Å²) in [5, 5.41) is 3.83. The van der Waals surface area contributed by atoms with E-state index < -0.39 is 0 Å². The van der Waals surface area contributed by atoms with Crippen LogP contribution in [-0.4, -0.2) is 10.1 Å². The second kappa shape index (κ2) is 4.97. The molecule has 2 N–H and O–H groups in total. The summed E-state index contributed by atoms with van der Waals surface area (Å²) >= 11 is 0. The number of unbranched alkanes of at least 4 members (excludes halogenated alkanes) is 1. The van der Waals surface area contributed by atoms with Crippen LogP contribution in [0.1, 0.15) is 50.9 Å². The van der Waals surface area contributed by atoms with Crippen molar-refractivity contribution in [2.24, 2.45) is 5.73 Å². The normalized spacial score (nSPS) is 13.2. The number of nitrogens with two attached hydrogens (primary N) is 1. The van der Waals surface area contributed by atoms with Crippen LogP contribution in [0.3, 0.4) is 0 Å². The zero-order valence-corrected chi connectivity index (χ0v) is 8.29. The SMILES string of the molecule is CCCCC(N)c1noc(CC)n1. The molecule has 0 aliphatic heterocycles. The van der Waals surface area contributed by atoms with Crippen LogP contribution in [0.15, 0.2) is 4.52 Å². The highest BCUT2D eigenvalue weighted by Crippen LogP contribution is 2.13. The van der Waals surface area contributed by atoms with E-state index in [0.717, 1.165) is 25.7 Å². The highest BCUT2D eigenvalue weighted by Gasteiger charge is 2.12. The van der Waals surface area contributed by atoms with Gasteiger partial charge in [-0.05, 0) is 6.42 Å². The van der Waals surface area contributed by atoms with Gasteiger partial charge in [-0.15, -0.1) is 0 Å². The lowest BCUT2D eigenvalue weighted by atomic mass is 10.1. The Hall–Kier alpha value is -0.900. The number of aryl methyl sites for hydroxylation is 1. The average molecular weight is 183 g/mol. The van der Waals surface area contributed by atoms with Crippen LogP contribution in [0, 0.1) is 0 Å². The van der Waals surface area contributed by atoms with Crippen molar-refractivity contribution in [1.29, 1.82) is 0 Å². The maximum Gasteiger partial charge on any atom is 0.226 e. The summed E-state index contributed by atoms with van der Waals surface area (Å²) in [6.07, 6.45) is 3.95. The number of hydrogen-bond donors (Lipinski definition) is 1. The molecule has 4 nitrogen and oxygen atoms in total. The van der Waals surface area contributed by atoms with Crippen LogP contribution in [0.2, 0.25) is 0 Å². The Morgan fingerprint density at radius 1 is 1.46 bits per heavy atom. The highest BCUT2D eigenvalue weighted by atomic mass is 16.5. The second-order valence-corrected chi connectivity index (χ2v) is 3.15. The van der Waals surface area contributed by atoms with Crippen molar-refractivity contribution < 1.29 is 4.52 Å². The molecule has 0 aromatic carbocycles. The molecule has 0 amide bonds. The minimum atomic E-state index is -0.0657. The summed E-state index contributed by atoms with van der Waals surface area (Å²) in [5.74, 6) is 1.31. The molecule has 0 aliphatic rings. The number of hydrogen-bond acceptors (Lipinski definition) is 4. The quantitative estimate of drug-likeness (QED) is 0.756. The van der Waals surface area contributed by atoms with Crippen LogP contribution in [-0.2, 0) is 6.42 Å². The van der Waals surface area contributed by atoms with Gasteiger partial charge >= 0.3 is 0 Å². The van der Waals surface area contributed by atoms with Gasteiger partial charge in [-0.1, -0.05) is 31.8 Å². The lowest BCUT2D eigenvalue weighted by Crippen LogP contribution is -2.11. The van der Waals surface area contributed by atoms with Gasteiger partial charge < -0.3 is 10.3 Å². The highest BCUT2D eigenvalue weighted by molar-refractivity contribution is 4.92. The van der Waals surface area contributed by atoms with Gasteiger partial charge in [0.2, 0.25) is 5.89 Å². The van der Waals surface area contributed by atoms with E-state index in [0.29, 0.717) is 11.7 Å². The molecular weight excluding hydrogens is 166 g/mol. The first kappa shape index (κ1) is 10.2. The minimum absolute atomic E-state index is 0.0657.